The number of carbonyl (C=O) groups is 2. The van der Waals surface area contributed by atoms with Crippen LogP contribution >= 0.6 is 15.9 Å². The maximum Gasteiger partial charge on any atom is 0.326 e. The zero-order valence-corrected chi connectivity index (χ0v) is 14.4. The van der Waals surface area contributed by atoms with Crippen molar-refractivity contribution in [3.05, 3.63) is 34.4 Å². The Hall–Kier alpha value is -1.86. The van der Waals surface area contributed by atoms with Crippen molar-refractivity contribution in [2.75, 3.05) is 13.2 Å². The van der Waals surface area contributed by atoms with E-state index in [9.17, 15) is 14.7 Å². The number of carboxylic acids is 1. The SMILES string of the molecule is CCCOCC(=O)NC(Cc1c[nH]c2cccc(Br)c12)C(=O)O. The largest absolute Gasteiger partial charge is 0.480 e. The molecule has 2 aromatic rings. The van der Waals surface area contributed by atoms with Gasteiger partial charge in [0, 0.05) is 34.6 Å². The molecule has 7 heteroatoms. The lowest BCUT2D eigenvalue weighted by molar-refractivity contribution is -0.142. The molecule has 1 atom stereocenters. The summed E-state index contributed by atoms with van der Waals surface area (Å²) < 4.78 is 6.01. The number of benzene rings is 1. The minimum Gasteiger partial charge on any atom is -0.480 e. The molecule has 0 aliphatic rings. The summed E-state index contributed by atoms with van der Waals surface area (Å²) >= 11 is 3.47. The van der Waals surface area contributed by atoms with E-state index in [2.05, 4.69) is 26.2 Å². The number of H-pyrrole nitrogens is 1. The first-order valence-electron chi connectivity index (χ1n) is 7.37. The highest BCUT2D eigenvalue weighted by Crippen LogP contribution is 2.27. The van der Waals surface area contributed by atoms with E-state index in [1.165, 1.54) is 0 Å². The number of amides is 1. The molecule has 0 bridgehead atoms. The summed E-state index contributed by atoms with van der Waals surface area (Å²) in [6, 6.07) is 4.70. The molecule has 3 N–H and O–H groups in total. The van der Waals surface area contributed by atoms with Gasteiger partial charge in [-0.25, -0.2) is 4.79 Å². The number of carbonyl (C=O) groups excluding carboxylic acids is 1. The molecule has 124 valence electrons. The number of aliphatic carboxylic acids is 1. The molecular weight excluding hydrogens is 364 g/mol. The van der Waals surface area contributed by atoms with Crippen molar-refractivity contribution in [2.24, 2.45) is 0 Å². The number of carboxylic acid groups (broad SMARTS) is 1. The van der Waals surface area contributed by atoms with Crippen LogP contribution in [0.3, 0.4) is 0 Å². The molecule has 0 saturated heterocycles. The zero-order valence-electron chi connectivity index (χ0n) is 12.8. The van der Waals surface area contributed by atoms with Gasteiger partial charge < -0.3 is 20.1 Å². The van der Waals surface area contributed by atoms with Gasteiger partial charge in [0.25, 0.3) is 0 Å². The Kier molecular flexibility index (Phi) is 6.18. The van der Waals surface area contributed by atoms with Crippen molar-refractivity contribution in [1.29, 1.82) is 0 Å². The Bertz CT molecular complexity index is 698. The van der Waals surface area contributed by atoms with Crippen LogP contribution in [0.4, 0.5) is 0 Å². The average molecular weight is 383 g/mol. The minimum absolute atomic E-state index is 0.130. The molecule has 1 unspecified atom stereocenters. The topological polar surface area (TPSA) is 91.4 Å². The first-order valence-corrected chi connectivity index (χ1v) is 8.16. The molecule has 0 saturated carbocycles. The Morgan fingerprint density at radius 3 is 2.91 bits per heavy atom. The van der Waals surface area contributed by atoms with Crippen LogP contribution in [0.25, 0.3) is 10.9 Å². The minimum atomic E-state index is -1.07. The second-order valence-corrected chi connectivity index (χ2v) is 6.05. The predicted octanol–water partition coefficient (Wildman–Crippen LogP) is 2.47. The number of nitrogens with one attached hydrogen (secondary N) is 2. The van der Waals surface area contributed by atoms with Crippen LogP contribution in [0.1, 0.15) is 18.9 Å². The molecule has 1 aromatic heterocycles. The second-order valence-electron chi connectivity index (χ2n) is 5.19. The fourth-order valence-corrected chi connectivity index (χ4v) is 2.95. The number of rotatable bonds is 8. The van der Waals surface area contributed by atoms with E-state index in [0.29, 0.717) is 6.61 Å². The predicted molar refractivity (Wildman–Crippen MR) is 90.4 cm³/mol. The number of hydrogen-bond acceptors (Lipinski definition) is 3. The van der Waals surface area contributed by atoms with Crippen LogP contribution in [-0.4, -0.2) is 41.2 Å². The standard InChI is InChI=1S/C16H19BrN2O4/c1-2-6-23-9-14(20)19-13(16(21)22)7-10-8-18-12-5-3-4-11(17)15(10)12/h3-5,8,13,18H,2,6-7,9H2,1H3,(H,19,20)(H,21,22). The third-order valence-electron chi connectivity index (χ3n) is 3.38. The molecule has 0 aliphatic heterocycles. The summed E-state index contributed by atoms with van der Waals surface area (Å²) in [6.07, 6.45) is 2.77. The number of fused-ring (bicyclic) bond motifs is 1. The molecule has 0 spiro atoms. The highest BCUT2D eigenvalue weighted by molar-refractivity contribution is 9.10. The number of hydrogen-bond donors (Lipinski definition) is 3. The number of aromatic amines is 1. The van der Waals surface area contributed by atoms with Crippen molar-refractivity contribution in [3.8, 4) is 0 Å². The lowest BCUT2D eigenvalue weighted by atomic mass is 10.0. The molecule has 1 amide bonds. The monoisotopic (exact) mass is 382 g/mol. The van der Waals surface area contributed by atoms with Crippen molar-refractivity contribution in [1.82, 2.24) is 10.3 Å². The Balaban J connectivity index is 2.09. The molecule has 0 fully saturated rings. The highest BCUT2D eigenvalue weighted by atomic mass is 79.9. The van der Waals surface area contributed by atoms with Crippen LogP contribution < -0.4 is 5.32 Å². The Labute approximate surface area is 142 Å². The van der Waals surface area contributed by atoms with E-state index < -0.39 is 17.9 Å². The van der Waals surface area contributed by atoms with Gasteiger partial charge in [0.15, 0.2) is 0 Å². The van der Waals surface area contributed by atoms with E-state index in [1.54, 1.807) is 6.20 Å². The van der Waals surface area contributed by atoms with Gasteiger partial charge in [-0.1, -0.05) is 28.9 Å². The lowest BCUT2D eigenvalue weighted by Gasteiger charge is -2.14. The quantitative estimate of drug-likeness (QED) is 0.611. The average Bonchev–Trinajstić information content (AvgIpc) is 2.91. The summed E-state index contributed by atoms with van der Waals surface area (Å²) in [7, 11) is 0. The smallest absolute Gasteiger partial charge is 0.326 e. The highest BCUT2D eigenvalue weighted by Gasteiger charge is 2.22. The van der Waals surface area contributed by atoms with E-state index in [0.717, 1.165) is 27.4 Å². The van der Waals surface area contributed by atoms with Crippen LogP contribution in [0, 0.1) is 0 Å². The summed E-state index contributed by atoms with van der Waals surface area (Å²) in [4.78, 5) is 26.3. The third-order valence-corrected chi connectivity index (χ3v) is 4.04. The van der Waals surface area contributed by atoms with Crippen LogP contribution in [0.2, 0.25) is 0 Å². The second kappa shape index (κ2) is 8.12. The number of aromatic nitrogens is 1. The molecule has 1 aromatic carbocycles. The number of halogens is 1. The first-order chi connectivity index (χ1) is 11.0. The maximum absolute atomic E-state index is 11.8. The third kappa shape index (κ3) is 4.56. The molecule has 6 nitrogen and oxygen atoms in total. The summed E-state index contributed by atoms with van der Waals surface area (Å²) in [5.74, 6) is -1.50. The Morgan fingerprint density at radius 1 is 1.43 bits per heavy atom. The van der Waals surface area contributed by atoms with Gasteiger partial charge in [0.05, 0.1) is 0 Å². The van der Waals surface area contributed by atoms with E-state index >= 15 is 0 Å². The first kappa shape index (κ1) is 17.5. The molecule has 1 heterocycles. The molecule has 23 heavy (non-hydrogen) atoms. The van der Waals surface area contributed by atoms with E-state index in [-0.39, 0.29) is 13.0 Å². The lowest BCUT2D eigenvalue weighted by Crippen LogP contribution is -2.43. The van der Waals surface area contributed by atoms with Gasteiger partial charge in [-0.05, 0) is 24.1 Å². The number of ether oxygens (including phenoxy) is 1. The molecule has 0 aliphatic carbocycles. The van der Waals surface area contributed by atoms with E-state index in [4.69, 9.17) is 4.74 Å². The Morgan fingerprint density at radius 2 is 2.22 bits per heavy atom. The molecular formula is C16H19BrN2O4. The van der Waals surface area contributed by atoms with Gasteiger partial charge in [-0.2, -0.15) is 0 Å². The maximum atomic E-state index is 11.8. The van der Waals surface area contributed by atoms with Gasteiger partial charge in [0.1, 0.15) is 12.6 Å². The van der Waals surface area contributed by atoms with Gasteiger partial charge >= 0.3 is 5.97 Å². The van der Waals surface area contributed by atoms with Crippen LogP contribution in [0.15, 0.2) is 28.9 Å². The summed E-state index contributed by atoms with van der Waals surface area (Å²) in [5.41, 5.74) is 1.74. The summed E-state index contributed by atoms with van der Waals surface area (Å²) in [6.45, 7) is 2.28. The van der Waals surface area contributed by atoms with Crippen LogP contribution in [-0.2, 0) is 20.7 Å². The normalized spacial score (nSPS) is 12.3. The van der Waals surface area contributed by atoms with Gasteiger partial charge in [0.2, 0.25) is 5.91 Å². The van der Waals surface area contributed by atoms with Crippen molar-refractivity contribution >= 4 is 38.7 Å². The van der Waals surface area contributed by atoms with Gasteiger partial charge in [-0.3, -0.25) is 4.79 Å². The fraction of sp³-hybridized carbons (Fsp3) is 0.375. The van der Waals surface area contributed by atoms with Crippen LogP contribution in [0.5, 0.6) is 0 Å². The fourth-order valence-electron chi connectivity index (χ4n) is 2.33. The van der Waals surface area contributed by atoms with Gasteiger partial charge in [-0.15, -0.1) is 0 Å². The molecule has 2 rings (SSSR count). The van der Waals surface area contributed by atoms with E-state index in [1.807, 2.05) is 25.1 Å². The summed E-state index contributed by atoms with van der Waals surface area (Å²) in [5, 5.41) is 12.8. The van der Waals surface area contributed by atoms with Crippen molar-refractivity contribution in [2.45, 2.75) is 25.8 Å². The zero-order chi connectivity index (χ0) is 16.8. The van der Waals surface area contributed by atoms with Crippen molar-refractivity contribution in [3.63, 3.8) is 0 Å². The molecule has 0 radical (unpaired) electrons. The van der Waals surface area contributed by atoms with Crippen molar-refractivity contribution < 1.29 is 19.4 Å².